The molecule has 20 heavy (non-hydrogen) atoms. The highest BCUT2D eigenvalue weighted by Crippen LogP contribution is 2.33. The van der Waals surface area contributed by atoms with E-state index in [4.69, 9.17) is 4.74 Å². The van der Waals surface area contributed by atoms with Gasteiger partial charge in [0.25, 0.3) is 0 Å². The van der Waals surface area contributed by atoms with E-state index >= 15 is 0 Å². The van der Waals surface area contributed by atoms with Gasteiger partial charge in [-0.3, -0.25) is 4.79 Å². The summed E-state index contributed by atoms with van der Waals surface area (Å²) in [7, 11) is 2.51. The van der Waals surface area contributed by atoms with Crippen LogP contribution in [0.1, 0.15) is 18.6 Å². The van der Waals surface area contributed by atoms with Crippen LogP contribution in [-0.2, 0) is 9.53 Å². The fourth-order valence-electron chi connectivity index (χ4n) is 1.67. The molecule has 7 heteroatoms. The van der Waals surface area contributed by atoms with Gasteiger partial charge in [0.1, 0.15) is 0 Å². The van der Waals surface area contributed by atoms with Crippen LogP contribution >= 0.6 is 0 Å². The molecule has 0 saturated heterocycles. The Morgan fingerprint density at radius 3 is 2.40 bits per heavy atom. The zero-order chi connectivity index (χ0) is 15.3. The summed E-state index contributed by atoms with van der Waals surface area (Å²) in [5.74, 6) is -1.56. The third-order valence-electron chi connectivity index (χ3n) is 2.79. The lowest BCUT2D eigenvalue weighted by molar-refractivity contribution is -0.148. The van der Waals surface area contributed by atoms with E-state index in [2.05, 4.69) is 9.47 Å². The molecular weight excluding hydrogens is 274 g/mol. The van der Waals surface area contributed by atoms with E-state index in [1.54, 1.807) is 0 Å². The minimum atomic E-state index is -3.02. The first-order valence-corrected chi connectivity index (χ1v) is 5.79. The lowest BCUT2D eigenvalue weighted by atomic mass is 9.97. The van der Waals surface area contributed by atoms with Gasteiger partial charge in [0.15, 0.2) is 11.5 Å². The lowest BCUT2D eigenvalue weighted by Crippen LogP contribution is -2.20. The van der Waals surface area contributed by atoms with Crippen LogP contribution in [0, 0.1) is 5.92 Å². The van der Waals surface area contributed by atoms with E-state index in [9.17, 15) is 18.7 Å². The average molecular weight is 290 g/mol. The molecule has 0 aliphatic carbocycles. The molecule has 1 N–H and O–H groups in total. The standard InChI is InChI=1S/C13H16F2O5/c1-7(12(17)19-3)11(16)8-4-5-9(18-2)10(6-8)20-13(14)15/h4-7,11,13,16H,1-3H3. The van der Waals surface area contributed by atoms with Gasteiger partial charge in [-0.1, -0.05) is 6.07 Å². The van der Waals surface area contributed by atoms with Crippen LogP contribution in [0.2, 0.25) is 0 Å². The molecule has 2 atom stereocenters. The number of aliphatic hydroxyl groups is 1. The van der Waals surface area contributed by atoms with Crippen molar-refractivity contribution >= 4 is 5.97 Å². The van der Waals surface area contributed by atoms with Crippen LogP contribution in [0.15, 0.2) is 18.2 Å². The van der Waals surface area contributed by atoms with Crippen molar-refractivity contribution in [2.24, 2.45) is 5.92 Å². The molecule has 2 unspecified atom stereocenters. The number of esters is 1. The van der Waals surface area contributed by atoms with Crippen molar-refractivity contribution in [2.75, 3.05) is 14.2 Å². The maximum absolute atomic E-state index is 12.3. The van der Waals surface area contributed by atoms with Crippen LogP contribution < -0.4 is 9.47 Å². The smallest absolute Gasteiger partial charge is 0.387 e. The SMILES string of the molecule is COC(=O)C(C)C(O)c1ccc(OC)c(OC(F)F)c1. The molecule has 0 heterocycles. The predicted octanol–water partition coefficient (Wildman–Crippen LogP) is 2.14. The molecule has 0 aliphatic heterocycles. The molecule has 0 aliphatic rings. The number of alkyl halides is 2. The van der Waals surface area contributed by atoms with Gasteiger partial charge >= 0.3 is 12.6 Å². The Kier molecular flexibility index (Phi) is 5.69. The molecule has 0 bridgehead atoms. The van der Waals surface area contributed by atoms with Gasteiger partial charge in [0.2, 0.25) is 0 Å². The van der Waals surface area contributed by atoms with Crippen LogP contribution in [0.25, 0.3) is 0 Å². The number of carbonyl (C=O) groups is 1. The molecule has 112 valence electrons. The number of halogens is 2. The monoisotopic (exact) mass is 290 g/mol. The molecule has 1 aromatic carbocycles. The molecule has 0 fully saturated rings. The molecule has 5 nitrogen and oxygen atoms in total. The second kappa shape index (κ2) is 7.04. The molecule has 0 spiro atoms. The minimum absolute atomic E-state index is 0.104. The van der Waals surface area contributed by atoms with Gasteiger partial charge < -0.3 is 19.3 Å². The van der Waals surface area contributed by atoms with Crippen LogP contribution in [0.4, 0.5) is 8.78 Å². The Bertz CT molecular complexity index is 464. The summed E-state index contributed by atoms with van der Waals surface area (Å²) in [6.45, 7) is -1.55. The first kappa shape index (κ1) is 16.2. The maximum atomic E-state index is 12.3. The van der Waals surface area contributed by atoms with Gasteiger partial charge in [-0.05, 0) is 24.6 Å². The molecule has 0 amide bonds. The Hall–Kier alpha value is -1.89. The van der Waals surface area contributed by atoms with Gasteiger partial charge in [-0.15, -0.1) is 0 Å². The summed E-state index contributed by atoms with van der Waals surface area (Å²) in [6, 6.07) is 4.04. The number of rotatable bonds is 6. The predicted molar refractivity (Wildman–Crippen MR) is 65.8 cm³/mol. The molecule has 1 aromatic rings. The lowest BCUT2D eigenvalue weighted by Gasteiger charge is -2.18. The van der Waals surface area contributed by atoms with Gasteiger partial charge in [0.05, 0.1) is 26.2 Å². The molecular formula is C13H16F2O5. The fraction of sp³-hybridized carbons (Fsp3) is 0.462. The summed E-state index contributed by atoms with van der Waals surface area (Å²) in [4.78, 5) is 11.4. The number of carbonyl (C=O) groups excluding carboxylic acids is 1. The highest BCUT2D eigenvalue weighted by atomic mass is 19.3. The highest BCUT2D eigenvalue weighted by Gasteiger charge is 2.25. The summed E-state index contributed by atoms with van der Waals surface area (Å²) in [6.07, 6.45) is -1.20. The van der Waals surface area contributed by atoms with Gasteiger partial charge in [-0.2, -0.15) is 8.78 Å². The fourth-order valence-corrected chi connectivity index (χ4v) is 1.67. The van der Waals surface area contributed by atoms with Gasteiger partial charge in [-0.25, -0.2) is 0 Å². The van der Waals surface area contributed by atoms with Crippen molar-refractivity contribution in [1.29, 1.82) is 0 Å². The van der Waals surface area contributed by atoms with Crippen molar-refractivity contribution in [2.45, 2.75) is 19.6 Å². The first-order chi connectivity index (χ1) is 9.40. The number of hydrogen-bond acceptors (Lipinski definition) is 5. The Labute approximate surface area is 115 Å². The van der Waals surface area contributed by atoms with E-state index in [1.807, 2.05) is 0 Å². The second-order valence-corrected chi connectivity index (χ2v) is 4.05. The zero-order valence-corrected chi connectivity index (χ0v) is 11.3. The average Bonchev–Trinajstić information content (AvgIpc) is 2.44. The van der Waals surface area contributed by atoms with Crippen LogP contribution in [-0.4, -0.2) is 31.9 Å². The number of benzene rings is 1. The Morgan fingerprint density at radius 1 is 1.25 bits per heavy atom. The third kappa shape index (κ3) is 3.80. The number of hydrogen-bond donors (Lipinski definition) is 1. The first-order valence-electron chi connectivity index (χ1n) is 5.79. The molecule has 1 rings (SSSR count). The van der Waals surface area contributed by atoms with Gasteiger partial charge in [0, 0.05) is 0 Å². The quantitative estimate of drug-likeness (QED) is 0.813. The summed E-state index contributed by atoms with van der Waals surface area (Å²) in [5, 5.41) is 10.0. The van der Waals surface area contributed by atoms with E-state index in [-0.39, 0.29) is 17.1 Å². The second-order valence-electron chi connectivity index (χ2n) is 4.05. The Morgan fingerprint density at radius 2 is 1.90 bits per heavy atom. The zero-order valence-electron chi connectivity index (χ0n) is 11.3. The van der Waals surface area contributed by atoms with Crippen molar-refractivity contribution in [3.63, 3.8) is 0 Å². The molecule has 0 aromatic heterocycles. The largest absolute Gasteiger partial charge is 0.493 e. The summed E-state index contributed by atoms with van der Waals surface area (Å²) < 4.78 is 38.3. The highest BCUT2D eigenvalue weighted by molar-refractivity contribution is 5.72. The molecule has 0 saturated carbocycles. The minimum Gasteiger partial charge on any atom is -0.493 e. The number of aliphatic hydroxyl groups excluding tert-OH is 1. The number of ether oxygens (including phenoxy) is 3. The molecule has 0 radical (unpaired) electrons. The van der Waals surface area contributed by atoms with Crippen LogP contribution in [0.5, 0.6) is 11.5 Å². The van der Waals surface area contributed by atoms with Crippen molar-refractivity contribution < 1.29 is 32.9 Å². The maximum Gasteiger partial charge on any atom is 0.387 e. The van der Waals surface area contributed by atoms with E-state index < -0.39 is 24.6 Å². The van der Waals surface area contributed by atoms with Crippen molar-refractivity contribution in [1.82, 2.24) is 0 Å². The topological polar surface area (TPSA) is 65.0 Å². The summed E-state index contributed by atoms with van der Waals surface area (Å²) in [5.41, 5.74) is 0.249. The van der Waals surface area contributed by atoms with E-state index in [1.165, 1.54) is 39.3 Å². The Balaban J connectivity index is 3.04. The van der Waals surface area contributed by atoms with E-state index in [0.717, 1.165) is 0 Å². The normalized spacial score (nSPS) is 13.8. The van der Waals surface area contributed by atoms with Crippen LogP contribution in [0.3, 0.4) is 0 Å². The number of methoxy groups -OCH3 is 2. The van der Waals surface area contributed by atoms with E-state index in [0.29, 0.717) is 0 Å². The third-order valence-corrected chi connectivity index (χ3v) is 2.79. The van der Waals surface area contributed by atoms with Crippen molar-refractivity contribution in [3.8, 4) is 11.5 Å². The van der Waals surface area contributed by atoms with Crippen molar-refractivity contribution in [3.05, 3.63) is 23.8 Å². The summed E-state index contributed by atoms with van der Waals surface area (Å²) >= 11 is 0.